The van der Waals surface area contributed by atoms with Gasteiger partial charge in [0.05, 0.1) is 12.6 Å². The number of benzene rings is 1. The minimum absolute atomic E-state index is 0.271. The fraction of sp³-hybridized carbons (Fsp3) is 0.538. The summed E-state index contributed by atoms with van der Waals surface area (Å²) in [7, 11) is 0. The van der Waals surface area contributed by atoms with E-state index in [9.17, 15) is 5.11 Å². The topological polar surface area (TPSA) is 23.5 Å². The number of aryl methyl sites for hydroxylation is 2. The first-order chi connectivity index (χ1) is 7.22. The molecule has 0 spiro atoms. The maximum Gasteiger partial charge on any atom is 0.0635 e. The second-order valence-electron chi connectivity index (χ2n) is 4.46. The molecule has 1 aliphatic heterocycles. The average Bonchev–Trinajstić information content (AvgIpc) is 2.69. The Bertz CT molecular complexity index is 348. The zero-order valence-corrected chi connectivity index (χ0v) is 9.53. The van der Waals surface area contributed by atoms with Crippen molar-refractivity contribution in [2.75, 3.05) is 18.1 Å². The van der Waals surface area contributed by atoms with Crippen LogP contribution in [0, 0.1) is 13.8 Å². The molecule has 1 aromatic carbocycles. The lowest BCUT2D eigenvalue weighted by Gasteiger charge is -2.27. The van der Waals surface area contributed by atoms with Crippen LogP contribution in [0.3, 0.4) is 0 Å². The van der Waals surface area contributed by atoms with Crippen LogP contribution in [0.5, 0.6) is 0 Å². The molecule has 1 atom stereocenters. The molecule has 0 amide bonds. The molecule has 1 heterocycles. The molecular formula is C13H19NO. The van der Waals surface area contributed by atoms with Gasteiger partial charge in [0.1, 0.15) is 0 Å². The second kappa shape index (κ2) is 4.23. The number of aliphatic hydroxyl groups excluding tert-OH is 1. The summed E-state index contributed by atoms with van der Waals surface area (Å²) in [6, 6.07) is 6.86. The molecule has 1 unspecified atom stereocenters. The Hall–Kier alpha value is -1.02. The molecule has 1 fully saturated rings. The van der Waals surface area contributed by atoms with Crippen LogP contribution in [0.1, 0.15) is 24.0 Å². The molecule has 0 aliphatic carbocycles. The summed E-state index contributed by atoms with van der Waals surface area (Å²) in [6.07, 6.45) is 2.31. The Kier molecular flexibility index (Phi) is 2.96. The van der Waals surface area contributed by atoms with Gasteiger partial charge in [-0.05, 0) is 43.9 Å². The largest absolute Gasteiger partial charge is 0.394 e. The Morgan fingerprint density at radius 3 is 2.93 bits per heavy atom. The van der Waals surface area contributed by atoms with E-state index in [1.165, 1.54) is 23.2 Å². The van der Waals surface area contributed by atoms with Crippen LogP contribution >= 0.6 is 0 Å². The summed E-state index contributed by atoms with van der Waals surface area (Å²) in [5, 5.41) is 9.32. The van der Waals surface area contributed by atoms with Crippen molar-refractivity contribution in [3.8, 4) is 0 Å². The third-order valence-corrected chi connectivity index (χ3v) is 3.26. The zero-order chi connectivity index (χ0) is 10.8. The third kappa shape index (κ3) is 2.00. The summed E-state index contributed by atoms with van der Waals surface area (Å²) < 4.78 is 0. The van der Waals surface area contributed by atoms with Crippen molar-refractivity contribution < 1.29 is 5.11 Å². The van der Waals surface area contributed by atoms with Crippen LogP contribution in [0.2, 0.25) is 0 Å². The van der Waals surface area contributed by atoms with E-state index in [2.05, 4.69) is 36.9 Å². The van der Waals surface area contributed by atoms with E-state index in [4.69, 9.17) is 0 Å². The van der Waals surface area contributed by atoms with E-state index >= 15 is 0 Å². The Labute approximate surface area is 91.5 Å². The van der Waals surface area contributed by atoms with E-state index in [-0.39, 0.29) is 6.61 Å². The lowest BCUT2D eigenvalue weighted by molar-refractivity contribution is 0.266. The Morgan fingerprint density at radius 2 is 2.20 bits per heavy atom. The van der Waals surface area contributed by atoms with E-state index in [0.717, 1.165) is 13.0 Å². The molecule has 15 heavy (non-hydrogen) atoms. The van der Waals surface area contributed by atoms with Crippen LogP contribution < -0.4 is 4.90 Å². The third-order valence-electron chi connectivity index (χ3n) is 3.26. The summed E-state index contributed by atoms with van der Waals surface area (Å²) in [5.41, 5.74) is 3.90. The first-order valence-corrected chi connectivity index (χ1v) is 5.67. The lowest BCUT2D eigenvalue weighted by Crippen LogP contribution is -2.32. The van der Waals surface area contributed by atoms with Crippen molar-refractivity contribution in [2.45, 2.75) is 32.7 Å². The molecule has 2 nitrogen and oxygen atoms in total. The van der Waals surface area contributed by atoms with Crippen molar-refractivity contribution in [1.29, 1.82) is 0 Å². The minimum Gasteiger partial charge on any atom is -0.394 e. The summed E-state index contributed by atoms with van der Waals surface area (Å²) in [6.45, 7) is 5.61. The molecule has 2 heteroatoms. The van der Waals surface area contributed by atoms with Gasteiger partial charge in [-0.1, -0.05) is 12.1 Å². The molecule has 0 saturated carbocycles. The molecule has 1 aromatic rings. The van der Waals surface area contributed by atoms with Gasteiger partial charge in [0.15, 0.2) is 0 Å². The van der Waals surface area contributed by atoms with Gasteiger partial charge in [0.25, 0.3) is 0 Å². The molecule has 0 aromatic heterocycles. The summed E-state index contributed by atoms with van der Waals surface area (Å²) >= 11 is 0. The van der Waals surface area contributed by atoms with Crippen LogP contribution in [0.25, 0.3) is 0 Å². The number of rotatable bonds is 2. The number of anilines is 1. The van der Waals surface area contributed by atoms with Crippen LogP contribution in [0.15, 0.2) is 18.2 Å². The molecule has 0 radical (unpaired) electrons. The molecule has 82 valence electrons. The molecule has 2 rings (SSSR count). The Balaban J connectivity index is 2.31. The fourth-order valence-corrected chi connectivity index (χ4v) is 2.37. The highest BCUT2D eigenvalue weighted by atomic mass is 16.3. The average molecular weight is 205 g/mol. The van der Waals surface area contributed by atoms with Gasteiger partial charge in [0.2, 0.25) is 0 Å². The van der Waals surface area contributed by atoms with E-state index in [1.807, 2.05) is 0 Å². The Morgan fingerprint density at radius 1 is 1.40 bits per heavy atom. The first-order valence-electron chi connectivity index (χ1n) is 5.67. The second-order valence-corrected chi connectivity index (χ2v) is 4.46. The standard InChI is InChI=1S/C13H19NO/c1-10-5-6-11(2)13(8-10)14-7-3-4-12(14)9-15/h5-6,8,12,15H,3-4,7,9H2,1-2H3. The number of hydrogen-bond acceptors (Lipinski definition) is 2. The number of aliphatic hydroxyl groups is 1. The van der Waals surface area contributed by atoms with Crippen molar-refractivity contribution in [3.05, 3.63) is 29.3 Å². The van der Waals surface area contributed by atoms with Crippen LogP contribution in [-0.4, -0.2) is 24.3 Å². The SMILES string of the molecule is Cc1ccc(C)c(N2CCCC2CO)c1. The quantitative estimate of drug-likeness (QED) is 0.800. The zero-order valence-electron chi connectivity index (χ0n) is 9.53. The van der Waals surface area contributed by atoms with Gasteiger partial charge >= 0.3 is 0 Å². The molecular weight excluding hydrogens is 186 g/mol. The van der Waals surface area contributed by atoms with Crippen LogP contribution in [-0.2, 0) is 0 Å². The van der Waals surface area contributed by atoms with Crippen molar-refractivity contribution in [1.82, 2.24) is 0 Å². The monoisotopic (exact) mass is 205 g/mol. The summed E-state index contributed by atoms with van der Waals surface area (Å²) in [5.74, 6) is 0. The number of hydrogen-bond donors (Lipinski definition) is 1. The maximum absolute atomic E-state index is 9.32. The van der Waals surface area contributed by atoms with Crippen molar-refractivity contribution >= 4 is 5.69 Å². The smallest absolute Gasteiger partial charge is 0.0635 e. The predicted octanol–water partition coefficient (Wildman–Crippen LogP) is 2.26. The highest BCUT2D eigenvalue weighted by Gasteiger charge is 2.24. The van der Waals surface area contributed by atoms with Gasteiger partial charge in [0, 0.05) is 12.2 Å². The molecule has 0 bridgehead atoms. The van der Waals surface area contributed by atoms with Gasteiger partial charge in [-0.2, -0.15) is 0 Å². The molecule has 1 aliphatic rings. The van der Waals surface area contributed by atoms with E-state index in [1.54, 1.807) is 0 Å². The van der Waals surface area contributed by atoms with Gasteiger partial charge in [-0.3, -0.25) is 0 Å². The van der Waals surface area contributed by atoms with E-state index in [0.29, 0.717) is 6.04 Å². The van der Waals surface area contributed by atoms with E-state index < -0.39 is 0 Å². The highest BCUT2D eigenvalue weighted by molar-refractivity contribution is 5.56. The molecule has 1 saturated heterocycles. The van der Waals surface area contributed by atoms with Crippen molar-refractivity contribution in [3.63, 3.8) is 0 Å². The summed E-state index contributed by atoms with van der Waals surface area (Å²) in [4.78, 5) is 2.35. The van der Waals surface area contributed by atoms with Gasteiger partial charge < -0.3 is 10.0 Å². The lowest BCUT2D eigenvalue weighted by atomic mass is 10.1. The normalized spacial score (nSPS) is 21.0. The number of nitrogens with zero attached hydrogens (tertiary/aromatic N) is 1. The minimum atomic E-state index is 0.271. The fourth-order valence-electron chi connectivity index (χ4n) is 2.37. The van der Waals surface area contributed by atoms with Gasteiger partial charge in [-0.25, -0.2) is 0 Å². The van der Waals surface area contributed by atoms with Gasteiger partial charge in [-0.15, -0.1) is 0 Å². The van der Waals surface area contributed by atoms with Crippen molar-refractivity contribution in [2.24, 2.45) is 0 Å². The maximum atomic E-state index is 9.32. The first kappa shape index (κ1) is 10.5. The highest BCUT2D eigenvalue weighted by Crippen LogP contribution is 2.28. The van der Waals surface area contributed by atoms with Crippen LogP contribution in [0.4, 0.5) is 5.69 Å². The predicted molar refractivity (Wildman–Crippen MR) is 63.4 cm³/mol. The molecule has 1 N–H and O–H groups in total.